The van der Waals surface area contributed by atoms with Gasteiger partial charge in [-0.1, -0.05) is 12.2 Å². The normalized spacial score (nSPS) is 18.2. The highest BCUT2D eigenvalue weighted by Crippen LogP contribution is 2.16. The van der Waals surface area contributed by atoms with E-state index in [1.165, 1.54) is 0 Å². The highest BCUT2D eigenvalue weighted by atomic mass is 35.5. The van der Waals surface area contributed by atoms with E-state index in [1.807, 2.05) is 26.8 Å². The number of rotatable bonds is 5. The van der Waals surface area contributed by atoms with Crippen LogP contribution in [0.2, 0.25) is 0 Å². The van der Waals surface area contributed by atoms with E-state index in [2.05, 4.69) is 11.4 Å². The van der Waals surface area contributed by atoms with Crippen LogP contribution in [-0.4, -0.2) is 47.5 Å². The topological polar surface area (TPSA) is 58.6 Å². The van der Waals surface area contributed by atoms with Gasteiger partial charge in [0.1, 0.15) is 11.5 Å². The van der Waals surface area contributed by atoms with Crippen molar-refractivity contribution in [3.63, 3.8) is 0 Å². The summed E-state index contributed by atoms with van der Waals surface area (Å²) < 4.78 is 5.16. The van der Waals surface area contributed by atoms with E-state index in [4.69, 9.17) is 16.3 Å². The smallest absolute Gasteiger partial charge is 0.407 e. The molecule has 0 aromatic carbocycles. The number of carbonyl (C=O) groups excluding carboxylic acids is 2. The molecule has 6 heteroatoms. The van der Waals surface area contributed by atoms with Gasteiger partial charge in [-0.3, -0.25) is 4.79 Å². The van der Waals surface area contributed by atoms with Gasteiger partial charge in [0.05, 0.1) is 6.04 Å². The van der Waals surface area contributed by atoms with Crippen LogP contribution in [0, 0.1) is 0 Å². The monoisotopic (exact) mass is 316 g/mol. The summed E-state index contributed by atoms with van der Waals surface area (Å²) in [5.41, 5.74) is -0.526. The lowest BCUT2D eigenvalue weighted by atomic mass is 10.0. The van der Waals surface area contributed by atoms with Crippen molar-refractivity contribution in [2.24, 2.45) is 0 Å². The first-order chi connectivity index (χ1) is 9.83. The first-order valence-corrected chi connectivity index (χ1v) is 7.86. The maximum absolute atomic E-state index is 11.9. The zero-order chi connectivity index (χ0) is 15.9. The molecule has 0 heterocycles. The molecule has 120 valence electrons. The lowest BCUT2D eigenvalue weighted by molar-refractivity contribution is -0.130. The summed E-state index contributed by atoms with van der Waals surface area (Å²) in [6.45, 7) is 6.20. The Kier molecular flexibility index (Phi) is 7.02. The quantitative estimate of drug-likeness (QED) is 0.626. The molecule has 0 saturated heterocycles. The molecule has 0 aromatic heterocycles. The highest BCUT2D eigenvalue weighted by molar-refractivity contribution is 6.27. The zero-order valence-electron chi connectivity index (χ0n) is 13.0. The summed E-state index contributed by atoms with van der Waals surface area (Å²) in [5.74, 6) is -0.157. The number of hydrogen-bond acceptors (Lipinski definition) is 3. The fraction of sp³-hybridized carbons (Fsp3) is 0.733. The van der Waals surface area contributed by atoms with Gasteiger partial charge in [-0.15, -0.1) is 11.6 Å². The molecule has 0 spiro atoms. The fourth-order valence-electron chi connectivity index (χ4n) is 2.20. The number of nitrogens with zero attached hydrogens (tertiary/aromatic N) is 1. The van der Waals surface area contributed by atoms with Crippen LogP contribution in [0.3, 0.4) is 0 Å². The molecule has 2 amide bonds. The second kappa shape index (κ2) is 8.27. The third-order valence-corrected chi connectivity index (χ3v) is 3.31. The van der Waals surface area contributed by atoms with E-state index >= 15 is 0 Å². The first kappa shape index (κ1) is 17.8. The minimum absolute atomic E-state index is 0.0449. The summed E-state index contributed by atoms with van der Waals surface area (Å²) in [6.07, 6.45) is 6.71. The van der Waals surface area contributed by atoms with E-state index in [1.54, 1.807) is 4.90 Å². The number of alkyl halides is 1. The third-order valence-electron chi connectivity index (χ3n) is 3.08. The lowest BCUT2D eigenvalue weighted by Gasteiger charge is -2.31. The summed E-state index contributed by atoms with van der Waals surface area (Å²) in [7, 11) is 0. The summed E-state index contributed by atoms with van der Waals surface area (Å²) >= 11 is 5.67. The number of carbonyl (C=O) groups is 2. The molecule has 0 radical (unpaired) electrons. The molecule has 1 atom stereocenters. The van der Waals surface area contributed by atoms with Gasteiger partial charge in [0, 0.05) is 13.1 Å². The van der Waals surface area contributed by atoms with Crippen LogP contribution in [0.1, 0.15) is 40.0 Å². The maximum atomic E-state index is 11.9. The highest BCUT2D eigenvalue weighted by Gasteiger charge is 2.22. The third kappa shape index (κ3) is 6.85. The van der Waals surface area contributed by atoms with Crippen LogP contribution in [0.15, 0.2) is 12.2 Å². The Balaban J connectivity index is 2.47. The van der Waals surface area contributed by atoms with Gasteiger partial charge < -0.3 is 15.0 Å². The number of hydrogen-bond donors (Lipinski definition) is 1. The number of halogens is 1. The summed E-state index contributed by atoms with van der Waals surface area (Å²) in [5, 5.41) is 2.67. The van der Waals surface area contributed by atoms with Gasteiger partial charge in [0.2, 0.25) is 5.91 Å². The van der Waals surface area contributed by atoms with E-state index in [0.717, 1.165) is 19.3 Å². The molecule has 0 fully saturated rings. The van der Waals surface area contributed by atoms with Crippen LogP contribution < -0.4 is 5.32 Å². The second-order valence-corrected chi connectivity index (χ2v) is 6.34. The Morgan fingerprint density at radius 1 is 1.43 bits per heavy atom. The molecular formula is C15H25ClN2O3. The molecular weight excluding hydrogens is 292 g/mol. The van der Waals surface area contributed by atoms with E-state index in [0.29, 0.717) is 13.1 Å². The second-order valence-electron chi connectivity index (χ2n) is 6.08. The predicted octanol–water partition coefficient (Wildman–Crippen LogP) is 2.69. The van der Waals surface area contributed by atoms with Gasteiger partial charge in [-0.25, -0.2) is 4.79 Å². The number of ether oxygens (including phenoxy) is 1. The lowest BCUT2D eigenvalue weighted by Crippen LogP contribution is -2.45. The Morgan fingerprint density at radius 2 is 2.14 bits per heavy atom. The van der Waals surface area contributed by atoms with Gasteiger partial charge >= 0.3 is 6.09 Å². The number of nitrogens with one attached hydrogen (secondary N) is 1. The first-order valence-electron chi connectivity index (χ1n) is 7.32. The van der Waals surface area contributed by atoms with Crippen molar-refractivity contribution < 1.29 is 14.3 Å². The van der Waals surface area contributed by atoms with Crippen LogP contribution in [0.25, 0.3) is 0 Å². The van der Waals surface area contributed by atoms with Crippen LogP contribution in [0.5, 0.6) is 0 Å². The molecule has 0 aromatic rings. The zero-order valence-corrected chi connectivity index (χ0v) is 13.8. The minimum atomic E-state index is -0.526. The van der Waals surface area contributed by atoms with Gasteiger partial charge in [0.25, 0.3) is 0 Å². The fourth-order valence-corrected chi connectivity index (χ4v) is 2.35. The number of allylic oxidation sites excluding steroid dienone is 1. The SMILES string of the molecule is CC(C)(C)OC(=O)NCCN(C(=O)CCl)C1C=CCCC1. The molecule has 1 aliphatic carbocycles. The van der Waals surface area contributed by atoms with E-state index in [9.17, 15) is 9.59 Å². The van der Waals surface area contributed by atoms with Crippen molar-refractivity contribution in [1.82, 2.24) is 10.2 Å². The van der Waals surface area contributed by atoms with Crippen molar-refractivity contribution in [3.8, 4) is 0 Å². The average Bonchev–Trinajstić information content (AvgIpc) is 2.42. The predicted molar refractivity (Wildman–Crippen MR) is 83.4 cm³/mol. The Bertz CT molecular complexity index is 391. The number of amides is 2. The van der Waals surface area contributed by atoms with Crippen molar-refractivity contribution in [2.75, 3.05) is 19.0 Å². The molecule has 1 N–H and O–H groups in total. The maximum Gasteiger partial charge on any atom is 0.407 e. The molecule has 1 rings (SSSR count). The largest absolute Gasteiger partial charge is 0.444 e. The van der Waals surface area contributed by atoms with E-state index in [-0.39, 0.29) is 17.8 Å². The van der Waals surface area contributed by atoms with E-state index < -0.39 is 11.7 Å². The molecule has 21 heavy (non-hydrogen) atoms. The van der Waals surface area contributed by atoms with Gasteiger partial charge in [0.15, 0.2) is 0 Å². The molecule has 0 aliphatic heterocycles. The molecule has 1 aliphatic rings. The Morgan fingerprint density at radius 3 is 2.67 bits per heavy atom. The van der Waals surface area contributed by atoms with Crippen LogP contribution >= 0.6 is 11.6 Å². The Labute approximate surface area is 131 Å². The molecule has 0 saturated carbocycles. The number of alkyl carbamates (subject to hydrolysis) is 1. The summed E-state index contributed by atoms with van der Waals surface area (Å²) in [6, 6.07) is 0.0745. The molecule has 5 nitrogen and oxygen atoms in total. The standard InChI is InChI=1S/C15H25ClN2O3/c1-15(2,3)21-14(20)17-9-10-18(13(19)11-16)12-7-5-4-6-8-12/h5,7,12H,4,6,8-11H2,1-3H3,(H,17,20). The van der Waals surface area contributed by atoms with Gasteiger partial charge in [-0.2, -0.15) is 0 Å². The summed E-state index contributed by atoms with van der Waals surface area (Å²) in [4.78, 5) is 25.2. The van der Waals surface area contributed by atoms with Crippen molar-refractivity contribution in [1.29, 1.82) is 0 Å². The Hall–Kier alpha value is -1.23. The minimum Gasteiger partial charge on any atom is -0.444 e. The van der Waals surface area contributed by atoms with Crippen LogP contribution in [0.4, 0.5) is 4.79 Å². The van der Waals surface area contributed by atoms with Crippen LogP contribution in [-0.2, 0) is 9.53 Å². The van der Waals surface area contributed by atoms with Crippen molar-refractivity contribution in [3.05, 3.63) is 12.2 Å². The average molecular weight is 317 g/mol. The van der Waals surface area contributed by atoms with Crippen molar-refractivity contribution in [2.45, 2.75) is 51.7 Å². The van der Waals surface area contributed by atoms with Crippen molar-refractivity contribution >= 4 is 23.6 Å². The molecule has 1 unspecified atom stereocenters. The molecule has 0 bridgehead atoms. The van der Waals surface area contributed by atoms with Gasteiger partial charge in [-0.05, 0) is 40.0 Å².